The molecule has 2 aromatic carbocycles. The zero-order valence-electron chi connectivity index (χ0n) is 12.5. The summed E-state index contributed by atoms with van der Waals surface area (Å²) in [6, 6.07) is 8.61. The second-order valence-electron chi connectivity index (χ2n) is 5.02. The minimum absolute atomic E-state index is 0.0861. The molecule has 3 aromatic rings. The molecule has 0 aliphatic rings. The van der Waals surface area contributed by atoms with Crippen LogP contribution in [0.4, 0.5) is 10.1 Å². The molecule has 0 saturated carbocycles. The number of ketones is 1. The van der Waals surface area contributed by atoms with Crippen LogP contribution in [0.25, 0.3) is 10.9 Å². The first kappa shape index (κ1) is 16.0. The number of rotatable bonds is 4. The summed E-state index contributed by atoms with van der Waals surface area (Å²) in [4.78, 5) is 27.5. The van der Waals surface area contributed by atoms with E-state index in [0.29, 0.717) is 21.7 Å². The van der Waals surface area contributed by atoms with Crippen molar-refractivity contribution in [3.05, 3.63) is 59.0 Å². The number of aromatic nitrogens is 1. The quantitative estimate of drug-likeness (QED) is 0.557. The molecule has 0 radical (unpaired) electrons. The number of H-pyrrole nitrogens is 1. The molecule has 0 aliphatic heterocycles. The predicted molar refractivity (Wildman–Crippen MR) is 89.2 cm³/mol. The van der Waals surface area contributed by atoms with E-state index in [9.17, 15) is 14.0 Å². The van der Waals surface area contributed by atoms with Crippen LogP contribution >= 0.6 is 11.6 Å². The van der Waals surface area contributed by atoms with Crippen LogP contribution in [-0.2, 0) is 4.79 Å². The van der Waals surface area contributed by atoms with E-state index in [2.05, 4.69) is 10.3 Å². The summed E-state index contributed by atoms with van der Waals surface area (Å²) in [6.07, 6.45) is 1.38. The first-order chi connectivity index (χ1) is 11.5. The molecule has 1 heterocycles. The Morgan fingerprint density at radius 2 is 2.00 bits per heavy atom. The number of aromatic amines is 1. The molecular formula is C17H12ClFN2O3. The van der Waals surface area contributed by atoms with Gasteiger partial charge < -0.3 is 15.0 Å². The normalized spacial score (nSPS) is 10.6. The number of carbonyl (C=O) groups is 2. The third-order valence-corrected chi connectivity index (χ3v) is 3.74. The van der Waals surface area contributed by atoms with Crippen molar-refractivity contribution in [2.24, 2.45) is 0 Å². The van der Waals surface area contributed by atoms with Gasteiger partial charge in [0.25, 0.3) is 11.7 Å². The fourth-order valence-corrected chi connectivity index (χ4v) is 2.53. The van der Waals surface area contributed by atoms with E-state index in [1.54, 1.807) is 12.1 Å². The lowest BCUT2D eigenvalue weighted by Crippen LogP contribution is -2.23. The van der Waals surface area contributed by atoms with Crippen molar-refractivity contribution < 1.29 is 18.7 Å². The third kappa shape index (κ3) is 2.96. The van der Waals surface area contributed by atoms with Crippen molar-refractivity contribution in [1.82, 2.24) is 4.98 Å². The van der Waals surface area contributed by atoms with Crippen LogP contribution in [0.15, 0.2) is 42.6 Å². The lowest BCUT2D eigenvalue weighted by atomic mass is 10.1. The molecule has 0 unspecified atom stereocenters. The van der Waals surface area contributed by atoms with E-state index < -0.39 is 17.5 Å². The van der Waals surface area contributed by atoms with E-state index in [4.69, 9.17) is 16.3 Å². The van der Waals surface area contributed by atoms with Gasteiger partial charge in [-0.2, -0.15) is 0 Å². The fraction of sp³-hybridized carbons (Fsp3) is 0.0588. The number of Topliss-reactive ketones (excluding diaryl/α,β-unsaturated/α-hetero) is 1. The van der Waals surface area contributed by atoms with Crippen LogP contribution in [0.5, 0.6) is 5.75 Å². The molecule has 3 rings (SSSR count). The van der Waals surface area contributed by atoms with E-state index in [1.807, 2.05) is 0 Å². The minimum atomic E-state index is -0.874. The lowest BCUT2D eigenvalue weighted by Gasteiger charge is -2.09. The summed E-state index contributed by atoms with van der Waals surface area (Å²) in [6.45, 7) is 0. The Bertz CT molecular complexity index is 952. The molecule has 0 aliphatic carbocycles. The summed E-state index contributed by atoms with van der Waals surface area (Å²) < 4.78 is 18.5. The van der Waals surface area contributed by atoms with Gasteiger partial charge in [0, 0.05) is 22.1 Å². The second kappa shape index (κ2) is 6.33. The van der Waals surface area contributed by atoms with E-state index in [0.717, 1.165) is 0 Å². The highest BCUT2D eigenvalue weighted by Crippen LogP contribution is 2.28. The Morgan fingerprint density at radius 1 is 1.21 bits per heavy atom. The molecule has 0 spiro atoms. The number of nitrogens with one attached hydrogen (secondary N) is 2. The van der Waals surface area contributed by atoms with Crippen molar-refractivity contribution in [2.45, 2.75) is 0 Å². The van der Waals surface area contributed by atoms with Crippen molar-refractivity contribution in [2.75, 3.05) is 12.4 Å². The summed E-state index contributed by atoms with van der Waals surface area (Å²) >= 11 is 5.89. The maximum Gasteiger partial charge on any atom is 0.296 e. The van der Waals surface area contributed by atoms with Gasteiger partial charge in [0.15, 0.2) is 0 Å². The highest BCUT2D eigenvalue weighted by molar-refractivity contribution is 6.48. The maximum atomic E-state index is 13.4. The predicted octanol–water partition coefficient (Wildman–Crippen LogP) is 3.79. The van der Waals surface area contributed by atoms with Crippen LogP contribution in [0.3, 0.4) is 0 Å². The first-order valence-corrected chi connectivity index (χ1v) is 7.33. The molecule has 1 aromatic heterocycles. The van der Waals surface area contributed by atoms with E-state index in [-0.39, 0.29) is 11.3 Å². The highest BCUT2D eigenvalue weighted by Gasteiger charge is 2.21. The molecule has 7 heteroatoms. The number of anilines is 1. The van der Waals surface area contributed by atoms with Gasteiger partial charge in [-0.15, -0.1) is 0 Å². The van der Waals surface area contributed by atoms with Gasteiger partial charge in [-0.3, -0.25) is 9.59 Å². The molecule has 24 heavy (non-hydrogen) atoms. The zero-order chi connectivity index (χ0) is 17.3. The Kier molecular flexibility index (Phi) is 4.22. The molecule has 0 fully saturated rings. The summed E-state index contributed by atoms with van der Waals surface area (Å²) in [5.74, 6) is -1.80. The van der Waals surface area contributed by atoms with Gasteiger partial charge in [0.1, 0.15) is 11.6 Å². The summed E-state index contributed by atoms with van der Waals surface area (Å²) in [5, 5.41) is 3.19. The number of halogens is 2. The van der Waals surface area contributed by atoms with Gasteiger partial charge in [-0.05, 0) is 36.4 Å². The topological polar surface area (TPSA) is 71.2 Å². The average molecular weight is 347 g/mol. The number of amides is 1. The standard InChI is InChI=1S/C17H12ClFN2O3/c1-24-15-5-2-9(18)6-14(15)21-17(23)16(22)12-8-20-13-4-3-10(19)7-11(12)13/h2-8,20H,1H3,(H,21,23). The number of fused-ring (bicyclic) bond motifs is 1. The lowest BCUT2D eigenvalue weighted by molar-refractivity contribution is -0.112. The van der Waals surface area contributed by atoms with Gasteiger partial charge >= 0.3 is 0 Å². The minimum Gasteiger partial charge on any atom is -0.495 e. The number of ether oxygens (including phenoxy) is 1. The van der Waals surface area contributed by atoms with Crippen LogP contribution in [0, 0.1) is 5.82 Å². The van der Waals surface area contributed by atoms with E-state index >= 15 is 0 Å². The van der Waals surface area contributed by atoms with Gasteiger partial charge in [-0.1, -0.05) is 11.6 Å². The molecule has 0 saturated heterocycles. The van der Waals surface area contributed by atoms with Gasteiger partial charge in [0.2, 0.25) is 0 Å². The Labute approximate surface area is 141 Å². The smallest absolute Gasteiger partial charge is 0.296 e. The van der Waals surface area contributed by atoms with Crippen LogP contribution in [0.1, 0.15) is 10.4 Å². The Morgan fingerprint density at radius 3 is 2.75 bits per heavy atom. The number of hydrogen-bond donors (Lipinski definition) is 2. The monoisotopic (exact) mass is 346 g/mol. The Hall–Kier alpha value is -2.86. The molecule has 5 nitrogen and oxygen atoms in total. The second-order valence-corrected chi connectivity index (χ2v) is 5.46. The average Bonchev–Trinajstić information content (AvgIpc) is 2.97. The summed E-state index contributed by atoms with van der Waals surface area (Å²) in [7, 11) is 1.43. The maximum absolute atomic E-state index is 13.4. The fourth-order valence-electron chi connectivity index (χ4n) is 2.36. The highest BCUT2D eigenvalue weighted by atomic mass is 35.5. The Balaban J connectivity index is 1.91. The molecular weight excluding hydrogens is 335 g/mol. The van der Waals surface area contributed by atoms with Gasteiger partial charge in [-0.25, -0.2) is 4.39 Å². The van der Waals surface area contributed by atoms with Crippen molar-refractivity contribution in [3.63, 3.8) is 0 Å². The molecule has 0 atom stereocenters. The molecule has 1 amide bonds. The van der Waals surface area contributed by atoms with E-state index in [1.165, 1.54) is 37.6 Å². The van der Waals surface area contributed by atoms with Crippen LogP contribution in [-0.4, -0.2) is 23.8 Å². The summed E-state index contributed by atoms with van der Waals surface area (Å²) in [5.41, 5.74) is 0.922. The van der Waals surface area contributed by atoms with Crippen LogP contribution in [0.2, 0.25) is 5.02 Å². The van der Waals surface area contributed by atoms with Crippen molar-refractivity contribution >= 4 is 39.9 Å². The molecule has 2 N–H and O–H groups in total. The number of benzene rings is 2. The SMILES string of the molecule is COc1ccc(Cl)cc1NC(=O)C(=O)c1c[nH]c2ccc(F)cc12. The number of carbonyl (C=O) groups excluding carboxylic acids is 2. The van der Waals surface area contributed by atoms with Crippen molar-refractivity contribution in [3.8, 4) is 5.75 Å². The molecule has 0 bridgehead atoms. The largest absolute Gasteiger partial charge is 0.495 e. The van der Waals surface area contributed by atoms with Crippen LogP contribution < -0.4 is 10.1 Å². The zero-order valence-corrected chi connectivity index (χ0v) is 13.3. The van der Waals surface area contributed by atoms with Crippen molar-refractivity contribution in [1.29, 1.82) is 0 Å². The first-order valence-electron chi connectivity index (χ1n) is 6.95. The number of hydrogen-bond acceptors (Lipinski definition) is 3. The number of methoxy groups -OCH3 is 1. The third-order valence-electron chi connectivity index (χ3n) is 3.50. The molecule has 122 valence electrons. The van der Waals surface area contributed by atoms with Gasteiger partial charge in [0.05, 0.1) is 18.4 Å².